The van der Waals surface area contributed by atoms with Crippen molar-refractivity contribution in [1.82, 2.24) is 16.0 Å². The highest BCUT2D eigenvalue weighted by molar-refractivity contribution is 7.80. The van der Waals surface area contributed by atoms with Gasteiger partial charge in [0.2, 0.25) is 17.7 Å². The van der Waals surface area contributed by atoms with Crippen LogP contribution in [0, 0.1) is 0 Å². The normalized spacial score (nSPS) is 15.2. The zero-order valence-corrected chi connectivity index (χ0v) is 20.2. The fourth-order valence-electron chi connectivity index (χ4n) is 2.80. The average molecular weight is 507 g/mol. The fraction of sp³-hybridized carbons (Fsp3) is 0.737. The Labute approximate surface area is 204 Å². The third-order valence-electron chi connectivity index (χ3n) is 4.74. The zero-order valence-electron chi connectivity index (χ0n) is 19.3. The monoisotopic (exact) mass is 506 g/mol. The van der Waals surface area contributed by atoms with Crippen LogP contribution in [-0.2, 0) is 19.2 Å². The van der Waals surface area contributed by atoms with Gasteiger partial charge in [-0.25, -0.2) is 4.79 Å². The smallest absolute Gasteiger partial charge is 0.326 e. The van der Waals surface area contributed by atoms with Gasteiger partial charge in [0.25, 0.3) is 0 Å². The molecule has 0 fully saturated rings. The predicted octanol–water partition coefficient (Wildman–Crippen LogP) is -3.65. The molecule has 0 radical (unpaired) electrons. The molecule has 0 aliphatic rings. The first kappa shape index (κ1) is 31.4. The van der Waals surface area contributed by atoms with E-state index >= 15 is 0 Å². The molecule has 3 amide bonds. The van der Waals surface area contributed by atoms with Crippen LogP contribution in [0.4, 0.5) is 0 Å². The summed E-state index contributed by atoms with van der Waals surface area (Å²) in [4.78, 5) is 53.0. The summed E-state index contributed by atoms with van der Waals surface area (Å²) in [6.45, 7) is 1.82. The largest absolute Gasteiger partial charge is 0.480 e. The fourth-order valence-corrected chi connectivity index (χ4v) is 2.97. The summed E-state index contributed by atoms with van der Waals surface area (Å²) in [5, 5.41) is 26.6. The quantitative estimate of drug-likeness (QED) is 0.0400. The van der Waals surface area contributed by atoms with E-state index in [9.17, 15) is 29.4 Å². The van der Waals surface area contributed by atoms with Gasteiger partial charge in [-0.2, -0.15) is 12.6 Å². The Balaban J connectivity index is 5.39. The number of aliphatic hydroxyl groups is 1. The van der Waals surface area contributed by atoms with E-state index in [2.05, 4.69) is 33.6 Å². The summed E-state index contributed by atoms with van der Waals surface area (Å²) in [7, 11) is 0. The van der Waals surface area contributed by atoms with Crippen LogP contribution in [0.5, 0.6) is 0 Å². The Bertz CT molecular complexity index is 704. The van der Waals surface area contributed by atoms with Gasteiger partial charge < -0.3 is 49.1 Å². The molecule has 0 saturated carbocycles. The van der Waals surface area contributed by atoms with Crippen molar-refractivity contribution in [1.29, 1.82) is 0 Å². The minimum absolute atomic E-state index is 0.0353. The molecule has 196 valence electrons. The number of aliphatic hydroxyl groups excluding tert-OH is 1. The number of aliphatic carboxylic acids is 1. The van der Waals surface area contributed by atoms with E-state index < -0.39 is 54.0 Å². The molecule has 0 aromatic carbocycles. The van der Waals surface area contributed by atoms with E-state index in [0.717, 1.165) is 0 Å². The lowest BCUT2D eigenvalue weighted by atomic mass is 10.1. The minimum atomic E-state index is -1.47. The van der Waals surface area contributed by atoms with Crippen molar-refractivity contribution in [3.05, 3.63) is 0 Å². The number of unbranched alkanes of at least 4 members (excludes halogenated alkanes) is 1. The lowest BCUT2D eigenvalue weighted by Crippen LogP contribution is -2.60. The Morgan fingerprint density at radius 1 is 0.941 bits per heavy atom. The Morgan fingerprint density at radius 3 is 2.03 bits per heavy atom. The van der Waals surface area contributed by atoms with Crippen LogP contribution >= 0.6 is 12.6 Å². The molecule has 0 spiro atoms. The number of carbonyl (C=O) groups is 4. The standard InChI is InChI=1S/C19H38N8O6S/c1-10(28)14(17(31)26-13(18(32)33)5-2-3-7-20)27-16(30)12(6-4-8-24-19(22)23)25-15(29)11(21)9-34/h10-14,28,34H,2-9,20-21H2,1H3,(H,25,29)(H,26,31)(H,27,30)(H,32,33)(H4,22,23,24). The first-order valence-corrected chi connectivity index (χ1v) is 11.5. The molecule has 14 nitrogen and oxygen atoms in total. The number of carboxylic acids is 1. The number of hydrogen-bond donors (Lipinski definition) is 10. The Kier molecular flexibility index (Phi) is 15.6. The van der Waals surface area contributed by atoms with Crippen molar-refractivity contribution < 1.29 is 29.4 Å². The third-order valence-corrected chi connectivity index (χ3v) is 5.13. The van der Waals surface area contributed by atoms with Crippen LogP contribution in [0.25, 0.3) is 0 Å². The molecular weight excluding hydrogens is 468 g/mol. The highest BCUT2D eigenvalue weighted by Crippen LogP contribution is 2.05. The van der Waals surface area contributed by atoms with Crippen molar-refractivity contribution in [3.63, 3.8) is 0 Å². The van der Waals surface area contributed by atoms with Crippen LogP contribution in [0.3, 0.4) is 0 Å². The van der Waals surface area contributed by atoms with Crippen molar-refractivity contribution in [3.8, 4) is 0 Å². The summed E-state index contributed by atoms with van der Waals surface area (Å²) < 4.78 is 0. The van der Waals surface area contributed by atoms with Crippen molar-refractivity contribution in [2.45, 2.75) is 69.3 Å². The molecular formula is C19H38N8O6S. The Hall–Kier alpha value is -2.62. The summed E-state index contributed by atoms with van der Waals surface area (Å²) in [5.41, 5.74) is 21.6. The van der Waals surface area contributed by atoms with Crippen molar-refractivity contribution in [2.24, 2.45) is 27.9 Å². The van der Waals surface area contributed by atoms with Gasteiger partial charge in [0.1, 0.15) is 18.1 Å². The van der Waals surface area contributed by atoms with Crippen LogP contribution < -0.4 is 38.9 Å². The van der Waals surface area contributed by atoms with E-state index in [0.29, 0.717) is 25.8 Å². The van der Waals surface area contributed by atoms with E-state index in [1.165, 1.54) is 6.92 Å². The van der Waals surface area contributed by atoms with E-state index in [1.54, 1.807) is 0 Å². The number of guanidine groups is 1. The van der Waals surface area contributed by atoms with Crippen LogP contribution in [0.15, 0.2) is 4.99 Å². The average Bonchev–Trinajstić information content (AvgIpc) is 2.77. The number of rotatable bonds is 17. The molecule has 0 aromatic heterocycles. The number of nitrogens with one attached hydrogen (secondary N) is 3. The summed E-state index contributed by atoms with van der Waals surface area (Å²) in [5.74, 6) is -3.66. The molecule has 0 aliphatic carbocycles. The van der Waals surface area contributed by atoms with Gasteiger partial charge >= 0.3 is 5.97 Å². The molecule has 34 heavy (non-hydrogen) atoms. The molecule has 5 unspecified atom stereocenters. The number of nitrogens with two attached hydrogens (primary N) is 4. The number of thiol groups is 1. The first-order valence-electron chi connectivity index (χ1n) is 10.9. The third kappa shape index (κ3) is 12.6. The van der Waals surface area contributed by atoms with Crippen LogP contribution in [0.1, 0.15) is 39.0 Å². The van der Waals surface area contributed by atoms with Gasteiger partial charge in [0, 0.05) is 12.3 Å². The maximum absolute atomic E-state index is 12.9. The highest BCUT2D eigenvalue weighted by Gasteiger charge is 2.32. The van der Waals surface area contributed by atoms with Gasteiger partial charge in [-0.15, -0.1) is 0 Å². The summed E-state index contributed by atoms with van der Waals surface area (Å²) in [6.07, 6.45) is 0.212. The van der Waals surface area contributed by atoms with Crippen molar-refractivity contribution >= 4 is 42.3 Å². The number of nitrogens with zero attached hydrogens (tertiary/aromatic N) is 1. The number of amides is 3. The van der Waals surface area contributed by atoms with Gasteiger partial charge in [-0.05, 0) is 45.6 Å². The first-order chi connectivity index (χ1) is 15.9. The molecule has 0 saturated heterocycles. The molecule has 0 bridgehead atoms. The minimum Gasteiger partial charge on any atom is -0.480 e. The number of carboxylic acid groups (broad SMARTS) is 1. The van der Waals surface area contributed by atoms with Gasteiger partial charge in [-0.1, -0.05) is 0 Å². The molecule has 13 N–H and O–H groups in total. The van der Waals surface area contributed by atoms with Crippen LogP contribution in [-0.4, -0.2) is 89.0 Å². The maximum atomic E-state index is 12.9. The van der Waals surface area contributed by atoms with Gasteiger partial charge in [-0.3, -0.25) is 19.4 Å². The second-order valence-corrected chi connectivity index (χ2v) is 8.07. The van der Waals surface area contributed by atoms with E-state index in [1.807, 2.05) is 0 Å². The highest BCUT2D eigenvalue weighted by atomic mass is 32.1. The van der Waals surface area contributed by atoms with E-state index in [-0.39, 0.29) is 31.1 Å². The summed E-state index contributed by atoms with van der Waals surface area (Å²) in [6, 6.07) is -4.79. The number of hydrogen-bond acceptors (Lipinski definition) is 9. The van der Waals surface area contributed by atoms with Gasteiger partial charge in [0.05, 0.1) is 12.1 Å². The lowest BCUT2D eigenvalue weighted by molar-refractivity contribution is -0.143. The number of carbonyl (C=O) groups excluding carboxylic acids is 3. The topological polar surface area (TPSA) is 261 Å². The lowest BCUT2D eigenvalue weighted by Gasteiger charge is -2.26. The molecule has 15 heteroatoms. The summed E-state index contributed by atoms with van der Waals surface area (Å²) >= 11 is 3.95. The number of aliphatic imine (C=N–C) groups is 1. The molecule has 0 heterocycles. The SMILES string of the molecule is CC(O)C(NC(=O)C(CCCN=C(N)N)NC(=O)C(N)CS)C(=O)NC(CCCCN)C(=O)O. The Morgan fingerprint density at radius 2 is 1.53 bits per heavy atom. The zero-order chi connectivity index (χ0) is 26.3. The van der Waals surface area contributed by atoms with Crippen LogP contribution in [0.2, 0.25) is 0 Å². The second-order valence-electron chi connectivity index (χ2n) is 7.71. The molecule has 0 aliphatic heterocycles. The molecule has 5 atom stereocenters. The maximum Gasteiger partial charge on any atom is 0.326 e. The van der Waals surface area contributed by atoms with E-state index in [4.69, 9.17) is 22.9 Å². The van der Waals surface area contributed by atoms with Crippen molar-refractivity contribution in [2.75, 3.05) is 18.8 Å². The van der Waals surface area contributed by atoms with Gasteiger partial charge in [0.15, 0.2) is 5.96 Å². The molecule has 0 aromatic rings. The molecule has 0 rings (SSSR count). The second kappa shape index (κ2) is 16.9. The predicted molar refractivity (Wildman–Crippen MR) is 130 cm³/mol.